The third kappa shape index (κ3) is 3.57. The van der Waals surface area contributed by atoms with E-state index < -0.39 is 23.3 Å². The van der Waals surface area contributed by atoms with Gasteiger partial charge in [0.2, 0.25) is 0 Å². The Hall–Kier alpha value is -2.63. The molecule has 0 radical (unpaired) electrons. The average Bonchev–Trinajstić information content (AvgIpc) is 2.54. The third-order valence-corrected chi connectivity index (χ3v) is 4.03. The largest absolute Gasteiger partial charge is 0.378 e. The summed E-state index contributed by atoms with van der Waals surface area (Å²) in [4.78, 5) is 6.11. The summed E-state index contributed by atoms with van der Waals surface area (Å²) < 4.78 is 54.7. The predicted molar refractivity (Wildman–Crippen MR) is 90.4 cm³/mol. The highest BCUT2D eigenvalue weighted by Crippen LogP contribution is 2.35. The van der Waals surface area contributed by atoms with Crippen molar-refractivity contribution in [3.8, 4) is 11.3 Å². The van der Waals surface area contributed by atoms with E-state index in [0.717, 1.165) is 18.2 Å². The molecule has 2 nitrogen and oxygen atoms in total. The Balaban J connectivity index is 2.18. The first-order valence-corrected chi connectivity index (χ1v) is 7.75. The Bertz CT molecular complexity index is 885. The van der Waals surface area contributed by atoms with Gasteiger partial charge in [-0.05, 0) is 30.7 Å². The lowest BCUT2D eigenvalue weighted by Crippen LogP contribution is -2.10. The van der Waals surface area contributed by atoms with Gasteiger partial charge in [-0.1, -0.05) is 0 Å². The van der Waals surface area contributed by atoms with Crippen molar-refractivity contribution in [2.24, 2.45) is 0 Å². The molecule has 0 spiro atoms. The Morgan fingerprint density at radius 1 is 0.920 bits per heavy atom. The molecule has 3 rings (SSSR count). The molecule has 0 bridgehead atoms. The minimum absolute atomic E-state index is 0.0941. The number of hydrogen-bond donors (Lipinski definition) is 0. The van der Waals surface area contributed by atoms with Crippen LogP contribution in [0.4, 0.5) is 23.2 Å². The molecule has 130 valence electrons. The molecular formula is C19H16F4N2. The summed E-state index contributed by atoms with van der Waals surface area (Å²) >= 11 is 0. The van der Waals surface area contributed by atoms with E-state index in [9.17, 15) is 17.6 Å². The summed E-state index contributed by atoms with van der Waals surface area (Å²) in [5, 5.41) is 0. The van der Waals surface area contributed by atoms with Gasteiger partial charge < -0.3 is 4.90 Å². The molecule has 0 N–H and O–H groups in total. The van der Waals surface area contributed by atoms with Crippen molar-refractivity contribution < 1.29 is 17.6 Å². The number of aromatic nitrogens is 1. The van der Waals surface area contributed by atoms with Gasteiger partial charge in [0.15, 0.2) is 0 Å². The monoisotopic (exact) mass is 348 g/mol. The molecule has 0 fully saturated rings. The molecule has 0 saturated carbocycles. The second-order valence-corrected chi connectivity index (χ2v) is 6.03. The molecule has 0 unspecified atom stereocenters. The molecule has 0 saturated heterocycles. The standard InChI is InChI=1S/C19H16F4N2/c1-25(2)13-9-18(14-5-3-11(20)7-16(14)22)24-19(10-13)15-6-4-12(21)8-17(15)23/h3,5,7-10H,4,6H2,1-2H3. The molecule has 0 aliphatic heterocycles. The average molecular weight is 348 g/mol. The molecule has 0 atom stereocenters. The second-order valence-electron chi connectivity index (χ2n) is 6.03. The summed E-state index contributed by atoms with van der Waals surface area (Å²) in [6.07, 6.45) is 1.11. The van der Waals surface area contributed by atoms with Crippen LogP contribution in [0.1, 0.15) is 18.5 Å². The van der Waals surface area contributed by atoms with Crippen LogP contribution in [0, 0.1) is 11.6 Å². The van der Waals surface area contributed by atoms with Crippen LogP contribution >= 0.6 is 0 Å². The van der Waals surface area contributed by atoms with Crippen LogP contribution in [-0.2, 0) is 0 Å². The van der Waals surface area contributed by atoms with E-state index in [1.54, 1.807) is 31.1 Å². The fraction of sp³-hybridized carbons (Fsp3) is 0.211. The number of anilines is 1. The highest BCUT2D eigenvalue weighted by atomic mass is 19.1. The Labute approximate surface area is 143 Å². The Morgan fingerprint density at radius 3 is 2.28 bits per heavy atom. The van der Waals surface area contributed by atoms with Gasteiger partial charge in [-0.2, -0.15) is 0 Å². The number of hydrogen-bond acceptors (Lipinski definition) is 2. The summed E-state index contributed by atoms with van der Waals surface area (Å²) in [6, 6.07) is 6.51. The summed E-state index contributed by atoms with van der Waals surface area (Å²) in [7, 11) is 3.57. The van der Waals surface area contributed by atoms with Gasteiger partial charge in [-0.15, -0.1) is 0 Å². The molecule has 2 aromatic rings. The normalized spacial score (nSPS) is 14.6. The topological polar surface area (TPSA) is 16.1 Å². The summed E-state index contributed by atoms with van der Waals surface area (Å²) in [5.74, 6) is -2.64. The van der Waals surface area contributed by atoms with Gasteiger partial charge in [0.25, 0.3) is 0 Å². The van der Waals surface area contributed by atoms with Gasteiger partial charge >= 0.3 is 0 Å². The van der Waals surface area contributed by atoms with Gasteiger partial charge in [0.1, 0.15) is 23.3 Å². The number of allylic oxidation sites excluding steroid dienone is 4. The van der Waals surface area contributed by atoms with Crippen LogP contribution < -0.4 is 4.90 Å². The van der Waals surface area contributed by atoms with Gasteiger partial charge in [0.05, 0.1) is 11.4 Å². The van der Waals surface area contributed by atoms with E-state index in [4.69, 9.17) is 0 Å². The van der Waals surface area contributed by atoms with Crippen molar-refractivity contribution in [2.75, 3.05) is 19.0 Å². The zero-order valence-electron chi connectivity index (χ0n) is 13.8. The van der Waals surface area contributed by atoms with E-state index in [0.29, 0.717) is 11.4 Å². The first-order valence-electron chi connectivity index (χ1n) is 7.75. The highest BCUT2D eigenvalue weighted by Gasteiger charge is 2.19. The molecule has 1 aromatic heterocycles. The molecule has 6 heteroatoms. The van der Waals surface area contributed by atoms with Crippen molar-refractivity contribution in [2.45, 2.75) is 12.8 Å². The molecule has 1 aliphatic rings. The lowest BCUT2D eigenvalue weighted by molar-refractivity contribution is 0.564. The highest BCUT2D eigenvalue weighted by molar-refractivity contribution is 5.75. The maximum atomic E-state index is 14.2. The van der Waals surface area contributed by atoms with Crippen LogP contribution in [0.15, 0.2) is 48.1 Å². The second kappa shape index (κ2) is 6.70. The zero-order chi connectivity index (χ0) is 18.1. The van der Waals surface area contributed by atoms with Crippen molar-refractivity contribution in [3.63, 3.8) is 0 Å². The predicted octanol–water partition coefficient (Wildman–Crippen LogP) is 5.42. The molecule has 0 amide bonds. The van der Waals surface area contributed by atoms with Crippen LogP contribution in [0.2, 0.25) is 0 Å². The van der Waals surface area contributed by atoms with Crippen LogP contribution in [0.25, 0.3) is 16.8 Å². The van der Waals surface area contributed by atoms with Gasteiger partial charge in [0, 0.05) is 49.5 Å². The lowest BCUT2D eigenvalue weighted by Gasteiger charge is -2.18. The van der Waals surface area contributed by atoms with Crippen LogP contribution in [0.5, 0.6) is 0 Å². The lowest BCUT2D eigenvalue weighted by atomic mass is 9.98. The van der Waals surface area contributed by atoms with Gasteiger partial charge in [-0.25, -0.2) is 22.5 Å². The summed E-state index contributed by atoms with van der Waals surface area (Å²) in [5.41, 5.74) is 1.64. The number of benzene rings is 1. The fourth-order valence-corrected chi connectivity index (χ4v) is 2.68. The van der Waals surface area contributed by atoms with Crippen molar-refractivity contribution >= 4 is 11.3 Å². The van der Waals surface area contributed by atoms with E-state index in [1.807, 2.05) is 0 Å². The number of nitrogens with zero attached hydrogens (tertiary/aromatic N) is 2. The quantitative estimate of drug-likeness (QED) is 0.689. The molecule has 1 heterocycles. The Kier molecular flexibility index (Phi) is 4.61. The van der Waals surface area contributed by atoms with E-state index in [2.05, 4.69) is 4.98 Å². The number of pyridine rings is 1. The SMILES string of the molecule is CN(C)c1cc(C2=C(F)C=C(F)CC2)nc(-c2ccc(F)cc2F)c1. The van der Waals surface area contributed by atoms with Crippen molar-refractivity contribution in [3.05, 3.63) is 65.4 Å². The summed E-state index contributed by atoms with van der Waals surface area (Å²) in [6.45, 7) is 0. The third-order valence-electron chi connectivity index (χ3n) is 4.03. The maximum absolute atomic E-state index is 14.2. The minimum atomic E-state index is -0.751. The van der Waals surface area contributed by atoms with E-state index >= 15 is 0 Å². The first kappa shape index (κ1) is 17.2. The first-order chi connectivity index (χ1) is 11.8. The minimum Gasteiger partial charge on any atom is -0.378 e. The molecule has 1 aromatic carbocycles. The molecule has 25 heavy (non-hydrogen) atoms. The van der Waals surface area contributed by atoms with Crippen molar-refractivity contribution in [1.82, 2.24) is 4.98 Å². The maximum Gasteiger partial charge on any atom is 0.135 e. The smallest absolute Gasteiger partial charge is 0.135 e. The van der Waals surface area contributed by atoms with Crippen molar-refractivity contribution in [1.29, 1.82) is 0 Å². The zero-order valence-corrected chi connectivity index (χ0v) is 13.8. The Morgan fingerprint density at radius 2 is 1.64 bits per heavy atom. The number of rotatable bonds is 3. The molecular weight excluding hydrogens is 332 g/mol. The van der Waals surface area contributed by atoms with Crippen LogP contribution in [0.3, 0.4) is 0 Å². The van der Waals surface area contributed by atoms with Crippen LogP contribution in [-0.4, -0.2) is 19.1 Å². The fourth-order valence-electron chi connectivity index (χ4n) is 2.68. The molecule has 1 aliphatic carbocycles. The van der Waals surface area contributed by atoms with E-state index in [-0.39, 0.29) is 29.7 Å². The number of halogens is 4. The van der Waals surface area contributed by atoms with Gasteiger partial charge in [-0.3, -0.25) is 0 Å². The van der Waals surface area contributed by atoms with E-state index in [1.165, 1.54) is 6.07 Å².